The first kappa shape index (κ1) is 22.6. The van der Waals surface area contributed by atoms with Gasteiger partial charge in [0.15, 0.2) is 0 Å². The number of hydrogen-bond donors (Lipinski definition) is 2. The van der Waals surface area contributed by atoms with Crippen molar-refractivity contribution in [2.24, 2.45) is 0 Å². The molecule has 3 amide bonds. The Morgan fingerprint density at radius 3 is 2.41 bits per heavy atom. The maximum absolute atomic E-state index is 14.4. The number of halogens is 2. The molecule has 1 aliphatic rings. The van der Waals surface area contributed by atoms with Gasteiger partial charge < -0.3 is 15.0 Å². The van der Waals surface area contributed by atoms with Gasteiger partial charge in [-0.3, -0.25) is 14.9 Å². The number of piperidine rings is 1. The minimum atomic E-state index is -3.13. The number of imide groups is 1. The molecule has 0 bridgehead atoms. The lowest BCUT2D eigenvalue weighted by Crippen LogP contribution is -2.47. The number of rotatable bonds is 6. The number of carbonyl (C=O) groups is 3. The Labute approximate surface area is 168 Å². The molecule has 1 heterocycles. The first-order valence-corrected chi connectivity index (χ1v) is 9.36. The lowest BCUT2D eigenvalue weighted by atomic mass is 10.0. The maximum atomic E-state index is 14.4. The third-order valence-electron chi connectivity index (χ3n) is 4.17. The standard InChI is InChI=1S/C20H27F2N3O4/c1-19(2,3)29-18(28)25(4)12-20(21,22)11-13-5-7-14(8-6-13)23-15-9-10-16(26)24-17(15)27/h5-8,15,23H,9-12H2,1-4H3,(H,24,26,27). The topological polar surface area (TPSA) is 87.7 Å². The van der Waals surface area contributed by atoms with Gasteiger partial charge in [0.25, 0.3) is 5.92 Å². The van der Waals surface area contributed by atoms with Crippen molar-refractivity contribution in [1.29, 1.82) is 0 Å². The van der Waals surface area contributed by atoms with Gasteiger partial charge >= 0.3 is 6.09 Å². The minimum Gasteiger partial charge on any atom is -0.444 e. The zero-order chi connectivity index (χ0) is 21.8. The number of anilines is 1. The van der Waals surface area contributed by atoms with Crippen LogP contribution in [0.15, 0.2) is 24.3 Å². The summed E-state index contributed by atoms with van der Waals surface area (Å²) in [5, 5.41) is 5.24. The van der Waals surface area contributed by atoms with Gasteiger partial charge in [-0.2, -0.15) is 0 Å². The van der Waals surface area contributed by atoms with E-state index in [4.69, 9.17) is 4.74 Å². The minimum absolute atomic E-state index is 0.249. The predicted octanol–water partition coefficient (Wildman–Crippen LogP) is 2.95. The van der Waals surface area contributed by atoms with Gasteiger partial charge in [-0.1, -0.05) is 12.1 Å². The van der Waals surface area contributed by atoms with E-state index in [1.165, 1.54) is 19.2 Å². The summed E-state index contributed by atoms with van der Waals surface area (Å²) < 4.78 is 33.8. The molecule has 1 aromatic rings. The molecule has 160 valence electrons. The van der Waals surface area contributed by atoms with Crippen LogP contribution in [-0.4, -0.2) is 54.0 Å². The Bertz CT molecular complexity index is 760. The molecular formula is C20H27F2N3O4. The fraction of sp³-hybridized carbons (Fsp3) is 0.550. The Morgan fingerprint density at radius 2 is 1.86 bits per heavy atom. The Balaban J connectivity index is 1.91. The highest BCUT2D eigenvalue weighted by Crippen LogP contribution is 2.24. The molecule has 1 unspecified atom stereocenters. The summed E-state index contributed by atoms with van der Waals surface area (Å²) in [4.78, 5) is 35.7. The molecule has 0 radical (unpaired) electrons. The van der Waals surface area contributed by atoms with Crippen molar-refractivity contribution in [3.05, 3.63) is 29.8 Å². The molecule has 29 heavy (non-hydrogen) atoms. The average molecular weight is 411 g/mol. The van der Waals surface area contributed by atoms with Gasteiger partial charge in [-0.15, -0.1) is 0 Å². The molecule has 9 heteroatoms. The number of hydrogen-bond acceptors (Lipinski definition) is 5. The summed E-state index contributed by atoms with van der Waals surface area (Å²) in [5.74, 6) is -3.84. The summed E-state index contributed by atoms with van der Waals surface area (Å²) in [6.45, 7) is 4.24. The summed E-state index contributed by atoms with van der Waals surface area (Å²) in [7, 11) is 1.27. The number of nitrogens with zero attached hydrogens (tertiary/aromatic N) is 1. The van der Waals surface area contributed by atoms with E-state index in [1.807, 2.05) is 0 Å². The summed E-state index contributed by atoms with van der Waals surface area (Å²) in [5.41, 5.74) is 0.227. The van der Waals surface area contributed by atoms with Crippen molar-refractivity contribution < 1.29 is 27.9 Å². The smallest absolute Gasteiger partial charge is 0.410 e. The van der Waals surface area contributed by atoms with E-state index in [-0.39, 0.29) is 12.3 Å². The Kier molecular flexibility index (Phi) is 6.81. The van der Waals surface area contributed by atoms with E-state index in [0.717, 1.165) is 4.90 Å². The molecule has 2 N–H and O–H groups in total. The van der Waals surface area contributed by atoms with Crippen LogP contribution >= 0.6 is 0 Å². The largest absolute Gasteiger partial charge is 0.444 e. The first-order valence-electron chi connectivity index (χ1n) is 9.36. The number of alkyl halides is 2. The van der Waals surface area contributed by atoms with Crippen molar-refractivity contribution >= 4 is 23.6 Å². The normalized spacial score (nSPS) is 17.5. The SMILES string of the molecule is CN(CC(F)(F)Cc1ccc(NC2CCC(=O)NC2=O)cc1)C(=O)OC(C)(C)C. The zero-order valence-corrected chi connectivity index (χ0v) is 17.1. The van der Waals surface area contributed by atoms with Gasteiger partial charge in [0.1, 0.15) is 11.6 Å². The lowest BCUT2D eigenvalue weighted by Gasteiger charge is -2.27. The van der Waals surface area contributed by atoms with Crippen LogP contribution < -0.4 is 10.6 Å². The van der Waals surface area contributed by atoms with Crippen molar-refractivity contribution in [3.63, 3.8) is 0 Å². The van der Waals surface area contributed by atoms with Crippen LogP contribution in [0.25, 0.3) is 0 Å². The van der Waals surface area contributed by atoms with Crippen LogP contribution in [0.3, 0.4) is 0 Å². The molecule has 7 nitrogen and oxygen atoms in total. The average Bonchev–Trinajstić information content (AvgIpc) is 2.56. The van der Waals surface area contributed by atoms with E-state index in [0.29, 0.717) is 17.7 Å². The summed E-state index contributed by atoms with van der Waals surface area (Å²) >= 11 is 0. The maximum Gasteiger partial charge on any atom is 0.410 e. The van der Waals surface area contributed by atoms with Crippen LogP contribution in [0.2, 0.25) is 0 Å². The highest BCUT2D eigenvalue weighted by Gasteiger charge is 2.34. The van der Waals surface area contributed by atoms with Gasteiger partial charge in [-0.25, -0.2) is 13.6 Å². The van der Waals surface area contributed by atoms with Crippen molar-refractivity contribution in [3.8, 4) is 0 Å². The Morgan fingerprint density at radius 1 is 1.24 bits per heavy atom. The molecule has 1 saturated heterocycles. The lowest BCUT2D eigenvalue weighted by molar-refractivity contribution is -0.133. The fourth-order valence-corrected chi connectivity index (χ4v) is 2.86. The zero-order valence-electron chi connectivity index (χ0n) is 17.1. The molecule has 1 aromatic carbocycles. The fourth-order valence-electron chi connectivity index (χ4n) is 2.86. The van der Waals surface area contributed by atoms with E-state index >= 15 is 0 Å². The summed E-state index contributed by atoms with van der Waals surface area (Å²) in [6, 6.07) is 5.74. The third kappa shape index (κ3) is 7.32. The number of carbonyl (C=O) groups excluding carboxylic acids is 3. The molecule has 1 atom stereocenters. The van der Waals surface area contributed by atoms with Crippen LogP contribution in [0, 0.1) is 0 Å². The highest BCUT2D eigenvalue weighted by atomic mass is 19.3. The molecule has 2 rings (SSSR count). The van der Waals surface area contributed by atoms with Crippen LogP contribution in [0.4, 0.5) is 19.3 Å². The number of ether oxygens (including phenoxy) is 1. The van der Waals surface area contributed by atoms with Crippen LogP contribution in [0.5, 0.6) is 0 Å². The molecule has 0 saturated carbocycles. The second-order valence-electron chi connectivity index (χ2n) is 8.21. The molecule has 0 aliphatic carbocycles. The molecule has 0 aromatic heterocycles. The quantitative estimate of drug-likeness (QED) is 0.703. The molecule has 0 spiro atoms. The molecular weight excluding hydrogens is 384 g/mol. The van der Waals surface area contributed by atoms with Gasteiger partial charge in [0, 0.05) is 25.6 Å². The monoisotopic (exact) mass is 411 g/mol. The van der Waals surface area contributed by atoms with E-state index < -0.39 is 42.5 Å². The first-order chi connectivity index (χ1) is 13.3. The predicted molar refractivity (Wildman–Crippen MR) is 104 cm³/mol. The van der Waals surface area contributed by atoms with Crippen LogP contribution in [0.1, 0.15) is 39.2 Å². The molecule has 1 fully saturated rings. The Hall–Kier alpha value is -2.71. The van der Waals surface area contributed by atoms with Crippen LogP contribution in [-0.2, 0) is 20.7 Å². The number of amides is 3. The summed E-state index contributed by atoms with van der Waals surface area (Å²) in [6.07, 6.45) is -0.722. The number of nitrogens with one attached hydrogen (secondary N) is 2. The number of benzene rings is 1. The van der Waals surface area contributed by atoms with Crippen molar-refractivity contribution in [1.82, 2.24) is 10.2 Å². The van der Waals surface area contributed by atoms with Gasteiger partial charge in [-0.05, 0) is 44.9 Å². The van der Waals surface area contributed by atoms with Gasteiger partial charge in [0.05, 0.1) is 6.54 Å². The van der Waals surface area contributed by atoms with Crippen molar-refractivity contribution in [2.75, 3.05) is 18.9 Å². The van der Waals surface area contributed by atoms with Crippen molar-refractivity contribution in [2.45, 2.75) is 57.6 Å². The second-order valence-corrected chi connectivity index (χ2v) is 8.21. The van der Waals surface area contributed by atoms with Gasteiger partial charge in [0.2, 0.25) is 11.8 Å². The van der Waals surface area contributed by atoms with E-state index in [9.17, 15) is 23.2 Å². The second kappa shape index (κ2) is 8.75. The molecule has 1 aliphatic heterocycles. The van der Waals surface area contributed by atoms with E-state index in [2.05, 4.69) is 10.6 Å². The third-order valence-corrected chi connectivity index (χ3v) is 4.17. The highest BCUT2D eigenvalue weighted by molar-refractivity contribution is 6.01. The van der Waals surface area contributed by atoms with E-state index in [1.54, 1.807) is 32.9 Å².